The molecule has 8 nitrogen and oxygen atoms in total. The Hall–Kier alpha value is -3.13. The molecule has 2 aromatic heterocycles. The molecule has 156 valence electrons. The molecule has 1 aromatic carbocycles. The Kier molecular flexibility index (Phi) is 4.78. The predicted molar refractivity (Wildman–Crippen MR) is 112 cm³/mol. The van der Waals surface area contributed by atoms with Crippen LogP contribution < -0.4 is 15.0 Å². The Balaban J connectivity index is 1.37. The van der Waals surface area contributed by atoms with Crippen molar-refractivity contribution in [2.75, 3.05) is 20.8 Å². The maximum absolute atomic E-state index is 12.6. The van der Waals surface area contributed by atoms with Gasteiger partial charge in [0.2, 0.25) is 0 Å². The van der Waals surface area contributed by atoms with Crippen molar-refractivity contribution in [3.8, 4) is 22.8 Å². The molecular formula is C22H25N5O3. The third kappa shape index (κ3) is 3.47. The van der Waals surface area contributed by atoms with Crippen LogP contribution in [0.1, 0.15) is 41.4 Å². The normalized spacial score (nSPS) is 16.3. The highest BCUT2D eigenvalue weighted by molar-refractivity contribution is 5.66. The molecule has 0 radical (unpaired) electrons. The third-order valence-electron chi connectivity index (χ3n) is 5.91. The molecule has 30 heavy (non-hydrogen) atoms. The van der Waals surface area contributed by atoms with E-state index in [1.165, 1.54) is 0 Å². The van der Waals surface area contributed by atoms with Crippen molar-refractivity contribution >= 4 is 0 Å². The molecule has 1 fully saturated rings. The first-order valence-electron chi connectivity index (χ1n) is 10.2. The number of nitrogens with zero attached hydrogens (tertiary/aromatic N) is 3. The number of H-pyrrole nitrogens is 2. The number of hydrogen-bond acceptors (Lipinski definition) is 6. The molecule has 3 heterocycles. The van der Waals surface area contributed by atoms with E-state index >= 15 is 0 Å². The Labute approximate surface area is 174 Å². The van der Waals surface area contributed by atoms with Gasteiger partial charge in [0.05, 0.1) is 37.4 Å². The molecule has 2 aliphatic rings. The quantitative estimate of drug-likeness (QED) is 0.652. The van der Waals surface area contributed by atoms with Crippen molar-refractivity contribution in [2.24, 2.45) is 0 Å². The summed E-state index contributed by atoms with van der Waals surface area (Å²) in [7, 11) is 3.25. The van der Waals surface area contributed by atoms with Gasteiger partial charge in [0.25, 0.3) is 5.56 Å². The van der Waals surface area contributed by atoms with Crippen LogP contribution >= 0.6 is 0 Å². The zero-order valence-electron chi connectivity index (χ0n) is 17.2. The Morgan fingerprint density at radius 3 is 2.80 bits per heavy atom. The van der Waals surface area contributed by atoms with E-state index in [0.717, 1.165) is 59.7 Å². The van der Waals surface area contributed by atoms with Crippen LogP contribution in [-0.2, 0) is 19.5 Å². The number of fused-ring (bicyclic) bond motifs is 1. The molecule has 0 bridgehead atoms. The lowest BCUT2D eigenvalue weighted by molar-refractivity contribution is 0.241. The van der Waals surface area contributed by atoms with Crippen LogP contribution in [-0.4, -0.2) is 45.8 Å². The molecule has 0 amide bonds. The number of benzene rings is 1. The van der Waals surface area contributed by atoms with Crippen LogP contribution in [0.15, 0.2) is 29.2 Å². The van der Waals surface area contributed by atoms with Crippen LogP contribution in [0, 0.1) is 0 Å². The second kappa shape index (κ2) is 7.60. The van der Waals surface area contributed by atoms with E-state index in [2.05, 4.69) is 20.1 Å². The molecule has 2 N–H and O–H groups in total. The lowest BCUT2D eigenvalue weighted by Crippen LogP contribution is -2.35. The van der Waals surface area contributed by atoms with Gasteiger partial charge < -0.3 is 14.5 Å². The smallest absolute Gasteiger partial charge is 0.255 e. The summed E-state index contributed by atoms with van der Waals surface area (Å²) in [6.45, 7) is 2.16. The van der Waals surface area contributed by atoms with Crippen molar-refractivity contribution in [1.29, 1.82) is 0 Å². The monoisotopic (exact) mass is 407 g/mol. The highest BCUT2D eigenvalue weighted by atomic mass is 16.5. The van der Waals surface area contributed by atoms with E-state index in [0.29, 0.717) is 30.5 Å². The molecule has 1 aliphatic carbocycles. The molecule has 5 rings (SSSR count). The van der Waals surface area contributed by atoms with Crippen molar-refractivity contribution in [3.05, 3.63) is 57.4 Å². The Bertz CT molecular complexity index is 1130. The van der Waals surface area contributed by atoms with Crippen LogP contribution in [0.5, 0.6) is 11.5 Å². The van der Waals surface area contributed by atoms with Crippen molar-refractivity contribution < 1.29 is 9.47 Å². The third-order valence-corrected chi connectivity index (χ3v) is 5.91. The summed E-state index contributed by atoms with van der Waals surface area (Å²) < 4.78 is 10.8. The van der Waals surface area contributed by atoms with Crippen molar-refractivity contribution in [3.63, 3.8) is 0 Å². The zero-order valence-corrected chi connectivity index (χ0v) is 17.2. The zero-order chi connectivity index (χ0) is 20.7. The van der Waals surface area contributed by atoms with Crippen LogP contribution in [0.2, 0.25) is 0 Å². The van der Waals surface area contributed by atoms with Gasteiger partial charge >= 0.3 is 0 Å². The van der Waals surface area contributed by atoms with Gasteiger partial charge in [0.1, 0.15) is 5.82 Å². The Morgan fingerprint density at radius 1 is 1.20 bits per heavy atom. The largest absolute Gasteiger partial charge is 0.493 e. The molecular weight excluding hydrogens is 382 g/mol. The van der Waals surface area contributed by atoms with Gasteiger partial charge in [0, 0.05) is 43.1 Å². The van der Waals surface area contributed by atoms with E-state index < -0.39 is 0 Å². The van der Waals surface area contributed by atoms with Gasteiger partial charge in [-0.05, 0) is 31.0 Å². The summed E-state index contributed by atoms with van der Waals surface area (Å²) >= 11 is 0. The van der Waals surface area contributed by atoms with Crippen LogP contribution in [0.4, 0.5) is 0 Å². The maximum atomic E-state index is 12.6. The molecule has 0 unspecified atom stereocenters. The summed E-state index contributed by atoms with van der Waals surface area (Å²) in [5.41, 5.74) is 4.76. The molecule has 1 aliphatic heterocycles. The number of nitrogens with one attached hydrogen (secondary N) is 2. The summed E-state index contributed by atoms with van der Waals surface area (Å²) in [6, 6.07) is 5.81. The standard InChI is InChI=1S/C22H25N5O3/c1-29-18-6-5-14(9-19(18)30-2)20-15(10-23-26-20)11-27-8-7-17-16(12-27)22(28)25-21(24-17)13-3-4-13/h5-6,9-10,13H,3-4,7-8,11-12H2,1-2H3,(H,23,26)(H,24,25,28). The number of aromatic amines is 2. The fraction of sp³-hybridized carbons (Fsp3) is 0.409. The second-order valence-electron chi connectivity index (χ2n) is 7.95. The number of hydrogen-bond donors (Lipinski definition) is 2. The molecule has 0 spiro atoms. The van der Waals surface area contributed by atoms with Gasteiger partial charge in [-0.1, -0.05) is 0 Å². The van der Waals surface area contributed by atoms with Crippen molar-refractivity contribution in [1.82, 2.24) is 25.1 Å². The minimum atomic E-state index is 0.0129. The minimum absolute atomic E-state index is 0.0129. The highest BCUT2D eigenvalue weighted by Crippen LogP contribution is 2.38. The summed E-state index contributed by atoms with van der Waals surface area (Å²) in [4.78, 5) is 22.6. The van der Waals surface area contributed by atoms with E-state index in [1.807, 2.05) is 24.4 Å². The molecule has 0 atom stereocenters. The van der Waals surface area contributed by atoms with Gasteiger partial charge in [-0.2, -0.15) is 5.10 Å². The van der Waals surface area contributed by atoms with Crippen molar-refractivity contribution in [2.45, 2.75) is 38.3 Å². The predicted octanol–water partition coefficient (Wildman–Crippen LogP) is 2.61. The number of methoxy groups -OCH3 is 2. The van der Waals surface area contributed by atoms with Gasteiger partial charge in [-0.15, -0.1) is 0 Å². The fourth-order valence-electron chi connectivity index (χ4n) is 4.10. The van der Waals surface area contributed by atoms with Gasteiger partial charge in [-0.25, -0.2) is 4.98 Å². The Morgan fingerprint density at radius 2 is 2.03 bits per heavy atom. The van der Waals surface area contributed by atoms with E-state index in [-0.39, 0.29) is 5.56 Å². The lowest BCUT2D eigenvalue weighted by Gasteiger charge is -2.27. The van der Waals surface area contributed by atoms with Gasteiger partial charge in [0.15, 0.2) is 11.5 Å². The number of rotatable bonds is 6. The first-order chi connectivity index (χ1) is 14.7. The second-order valence-corrected chi connectivity index (χ2v) is 7.95. The molecule has 1 saturated carbocycles. The van der Waals surface area contributed by atoms with Gasteiger partial charge in [-0.3, -0.25) is 14.8 Å². The topological polar surface area (TPSA) is 96.1 Å². The maximum Gasteiger partial charge on any atom is 0.255 e. The first-order valence-corrected chi connectivity index (χ1v) is 10.2. The van der Waals surface area contributed by atoms with Crippen LogP contribution in [0.3, 0.4) is 0 Å². The summed E-state index contributed by atoms with van der Waals surface area (Å²) in [6.07, 6.45) is 4.91. The summed E-state index contributed by atoms with van der Waals surface area (Å²) in [5.74, 6) is 2.69. The molecule has 3 aromatic rings. The molecule has 0 saturated heterocycles. The fourth-order valence-corrected chi connectivity index (χ4v) is 4.10. The average molecular weight is 407 g/mol. The van der Waals surface area contributed by atoms with E-state index in [9.17, 15) is 4.79 Å². The average Bonchev–Trinajstić information content (AvgIpc) is 3.53. The SMILES string of the molecule is COc1ccc(-c2[nH]ncc2CN2CCc3nc(C4CC4)[nH]c(=O)c3C2)cc1OC. The number of ether oxygens (including phenoxy) is 2. The van der Waals surface area contributed by atoms with Crippen LogP contribution in [0.25, 0.3) is 11.3 Å². The van der Waals surface area contributed by atoms with E-state index in [4.69, 9.17) is 14.5 Å². The minimum Gasteiger partial charge on any atom is -0.493 e. The highest BCUT2D eigenvalue weighted by Gasteiger charge is 2.29. The van der Waals surface area contributed by atoms with E-state index in [1.54, 1.807) is 14.2 Å². The number of aromatic nitrogens is 4. The summed E-state index contributed by atoms with van der Waals surface area (Å²) in [5, 5.41) is 7.36. The first kappa shape index (κ1) is 18.9. The lowest BCUT2D eigenvalue weighted by atomic mass is 10.0. The molecule has 8 heteroatoms.